The van der Waals surface area contributed by atoms with Crippen LogP contribution in [-0.4, -0.2) is 17.5 Å². The van der Waals surface area contributed by atoms with E-state index in [9.17, 15) is 4.79 Å². The van der Waals surface area contributed by atoms with Crippen molar-refractivity contribution in [3.8, 4) is 0 Å². The molecule has 0 aromatic carbocycles. The summed E-state index contributed by atoms with van der Waals surface area (Å²) in [7, 11) is 0. The number of aliphatic hydroxyl groups excluding tert-OH is 1. The average molecular weight is 194 g/mol. The summed E-state index contributed by atoms with van der Waals surface area (Å²) >= 11 is 0. The van der Waals surface area contributed by atoms with Gasteiger partial charge in [0.2, 0.25) is 0 Å². The first-order chi connectivity index (χ1) is 6.83. The lowest BCUT2D eigenvalue weighted by Crippen LogP contribution is -1.94. The summed E-state index contributed by atoms with van der Waals surface area (Å²) in [6.07, 6.45) is 12.6. The lowest BCUT2D eigenvalue weighted by atomic mass is 10.0. The number of carbonyl (C=O) groups excluding carboxylic acids is 1. The van der Waals surface area contributed by atoms with Crippen LogP contribution < -0.4 is 0 Å². The molecule has 0 saturated carbocycles. The van der Waals surface area contributed by atoms with Crippen LogP contribution in [0.25, 0.3) is 0 Å². The average Bonchev–Trinajstić information content (AvgIpc) is 2.58. The van der Waals surface area contributed by atoms with Crippen LogP contribution in [0.15, 0.2) is 24.3 Å². The maximum atomic E-state index is 10.9. The van der Waals surface area contributed by atoms with Gasteiger partial charge in [0.15, 0.2) is 5.78 Å². The molecule has 0 unspecified atom stereocenters. The van der Waals surface area contributed by atoms with Gasteiger partial charge in [-0.25, -0.2) is 0 Å². The largest absolute Gasteiger partial charge is 0.396 e. The zero-order valence-corrected chi connectivity index (χ0v) is 8.48. The molecule has 0 aliphatic heterocycles. The summed E-state index contributed by atoms with van der Waals surface area (Å²) in [6, 6.07) is 0. The maximum absolute atomic E-state index is 10.9. The molecule has 2 nitrogen and oxygen atoms in total. The Morgan fingerprint density at radius 3 is 2.93 bits per heavy atom. The molecular weight excluding hydrogens is 176 g/mol. The maximum Gasteiger partial charge on any atom is 0.155 e. The second-order valence-corrected chi connectivity index (χ2v) is 3.72. The Kier molecular flexibility index (Phi) is 5.23. The molecule has 1 aliphatic rings. The number of carbonyl (C=O) groups is 1. The fraction of sp³-hybridized carbons (Fsp3) is 0.583. The van der Waals surface area contributed by atoms with Crippen molar-refractivity contribution in [2.24, 2.45) is 5.92 Å². The molecule has 1 rings (SSSR count). The minimum atomic E-state index is 0.253. The lowest BCUT2D eigenvalue weighted by molar-refractivity contribution is -0.114. The van der Waals surface area contributed by atoms with Crippen molar-refractivity contribution in [2.75, 3.05) is 6.61 Å². The molecule has 1 atom stereocenters. The summed E-state index contributed by atoms with van der Waals surface area (Å²) in [4.78, 5) is 10.9. The fourth-order valence-electron chi connectivity index (χ4n) is 1.56. The van der Waals surface area contributed by atoms with E-state index in [0.29, 0.717) is 12.3 Å². The van der Waals surface area contributed by atoms with Crippen molar-refractivity contribution in [1.29, 1.82) is 0 Å². The van der Waals surface area contributed by atoms with Crippen molar-refractivity contribution in [3.63, 3.8) is 0 Å². The van der Waals surface area contributed by atoms with Gasteiger partial charge in [-0.05, 0) is 37.7 Å². The predicted octanol–water partition coefficient (Wildman–Crippen LogP) is 2.24. The summed E-state index contributed by atoms with van der Waals surface area (Å²) in [5.74, 6) is 0.681. The van der Waals surface area contributed by atoms with Gasteiger partial charge < -0.3 is 5.11 Å². The van der Waals surface area contributed by atoms with Crippen LogP contribution in [0, 0.1) is 5.92 Å². The Hall–Kier alpha value is -0.890. The summed E-state index contributed by atoms with van der Waals surface area (Å²) < 4.78 is 0. The van der Waals surface area contributed by atoms with E-state index >= 15 is 0 Å². The predicted molar refractivity (Wildman–Crippen MR) is 56.9 cm³/mol. The van der Waals surface area contributed by atoms with E-state index in [2.05, 4.69) is 12.2 Å². The third-order valence-electron chi connectivity index (χ3n) is 2.40. The van der Waals surface area contributed by atoms with Gasteiger partial charge in [-0.1, -0.05) is 18.2 Å². The van der Waals surface area contributed by atoms with Crippen molar-refractivity contribution >= 4 is 5.78 Å². The molecule has 1 N–H and O–H groups in total. The second-order valence-electron chi connectivity index (χ2n) is 3.72. The van der Waals surface area contributed by atoms with Crippen LogP contribution in [0.2, 0.25) is 0 Å². The van der Waals surface area contributed by atoms with E-state index in [-0.39, 0.29) is 12.4 Å². The normalized spacial score (nSPS) is 21.2. The van der Waals surface area contributed by atoms with E-state index in [0.717, 1.165) is 25.7 Å². The van der Waals surface area contributed by atoms with Crippen LogP contribution in [-0.2, 0) is 4.79 Å². The summed E-state index contributed by atoms with van der Waals surface area (Å²) in [6.45, 7) is 0.285. The molecule has 0 fully saturated rings. The molecule has 2 heteroatoms. The van der Waals surface area contributed by atoms with E-state index in [1.54, 1.807) is 6.08 Å². The number of allylic oxidation sites excluding steroid dienone is 4. The van der Waals surface area contributed by atoms with Gasteiger partial charge in [-0.3, -0.25) is 4.79 Å². The molecule has 14 heavy (non-hydrogen) atoms. The van der Waals surface area contributed by atoms with Gasteiger partial charge in [0, 0.05) is 13.0 Å². The number of unbranched alkanes of at least 4 members (excludes halogenated alkanes) is 2. The van der Waals surface area contributed by atoms with Crippen LogP contribution in [0.1, 0.15) is 32.1 Å². The Morgan fingerprint density at radius 2 is 2.29 bits per heavy atom. The van der Waals surface area contributed by atoms with Gasteiger partial charge >= 0.3 is 0 Å². The van der Waals surface area contributed by atoms with E-state index in [1.807, 2.05) is 6.08 Å². The molecule has 0 aromatic rings. The van der Waals surface area contributed by atoms with Gasteiger partial charge in [-0.2, -0.15) is 0 Å². The standard InChI is InChI=1S/C12H18O2/c13-9-5-3-1-2-4-6-11-7-8-12(14)10-11/h2,4,7-8,11,13H,1,3,5-6,9-10H2/b4-2-/t11-/m0/s1. The third kappa shape index (κ3) is 4.38. The minimum Gasteiger partial charge on any atom is -0.396 e. The zero-order chi connectivity index (χ0) is 10.2. The first kappa shape index (κ1) is 11.2. The van der Waals surface area contributed by atoms with Gasteiger partial charge in [0.1, 0.15) is 0 Å². The minimum absolute atomic E-state index is 0.253. The van der Waals surface area contributed by atoms with Crippen molar-refractivity contribution in [3.05, 3.63) is 24.3 Å². The first-order valence-corrected chi connectivity index (χ1v) is 5.30. The Morgan fingerprint density at radius 1 is 1.43 bits per heavy atom. The summed E-state index contributed by atoms with van der Waals surface area (Å²) in [5.41, 5.74) is 0. The monoisotopic (exact) mass is 194 g/mol. The molecule has 0 amide bonds. The quantitative estimate of drug-likeness (QED) is 0.520. The highest BCUT2D eigenvalue weighted by atomic mass is 16.2. The first-order valence-electron chi connectivity index (χ1n) is 5.30. The number of ketones is 1. The fourth-order valence-corrected chi connectivity index (χ4v) is 1.56. The van der Waals surface area contributed by atoms with Crippen molar-refractivity contribution < 1.29 is 9.90 Å². The molecule has 78 valence electrons. The smallest absolute Gasteiger partial charge is 0.155 e. The molecule has 0 heterocycles. The Labute approximate surface area is 85.3 Å². The van der Waals surface area contributed by atoms with E-state index in [1.165, 1.54) is 0 Å². The Bertz CT molecular complexity index is 228. The summed E-state index contributed by atoms with van der Waals surface area (Å²) in [5, 5.41) is 8.55. The van der Waals surface area contributed by atoms with Gasteiger partial charge in [0.05, 0.1) is 0 Å². The highest BCUT2D eigenvalue weighted by molar-refractivity contribution is 5.92. The van der Waals surface area contributed by atoms with Crippen molar-refractivity contribution in [1.82, 2.24) is 0 Å². The van der Waals surface area contributed by atoms with Gasteiger partial charge in [0.25, 0.3) is 0 Å². The molecule has 0 spiro atoms. The highest BCUT2D eigenvalue weighted by Gasteiger charge is 2.13. The topological polar surface area (TPSA) is 37.3 Å². The van der Waals surface area contributed by atoms with Crippen LogP contribution >= 0.6 is 0 Å². The molecule has 0 bridgehead atoms. The van der Waals surface area contributed by atoms with E-state index in [4.69, 9.17) is 5.11 Å². The SMILES string of the molecule is O=C1C=C[C@H](C/C=C\CCCCO)C1. The molecular formula is C12H18O2. The van der Waals surface area contributed by atoms with Crippen LogP contribution in [0.3, 0.4) is 0 Å². The molecule has 0 aromatic heterocycles. The van der Waals surface area contributed by atoms with Gasteiger partial charge in [-0.15, -0.1) is 0 Å². The zero-order valence-electron chi connectivity index (χ0n) is 8.48. The van der Waals surface area contributed by atoms with Crippen LogP contribution in [0.4, 0.5) is 0 Å². The van der Waals surface area contributed by atoms with E-state index < -0.39 is 0 Å². The molecule has 0 saturated heterocycles. The number of hydrogen-bond donors (Lipinski definition) is 1. The third-order valence-corrected chi connectivity index (χ3v) is 2.40. The van der Waals surface area contributed by atoms with Crippen molar-refractivity contribution in [2.45, 2.75) is 32.1 Å². The molecule has 1 aliphatic carbocycles. The lowest BCUT2D eigenvalue weighted by Gasteiger charge is -2.00. The van der Waals surface area contributed by atoms with Crippen LogP contribution in [0.5, 0.6) is 0 Å². The number of hydrogen-bond acceptors (Lipinski definition) is 2. The molecule has 0 radical (unpaired) electrons. The highest BCUT2D eigenvalue weighted by Crippen LogP contribution is 2.18. The number of aliphatic hydroxyl groups is 1. The number of rotatable bonds is 6. The Balaban J connectivity index is 2.03. The second kappa shape index (κ2) is 6.55.